The zero-order valence-corrected chi connectivity index (χ0v) is 12.9. The molecule has 0 unspecified atom stereocenters. The Hall–Kier alpha value is -2.07. The SMILES string of the molecule is CCc1ccc2c(ccn2S(=O)(=O)c2ccc(C)cc2)c1. The van der Waals surface area contributed by atoms with Crippen molar-refractivity contribution >= 4 is 20.9 Å². The van der Waals surface area contributed by atoms with Gasteiger partial charge in [0.25, 0.3) is 10.0 Å². The van der Waals surface area contributed by atoms with Crippen LogP contribution in [0, 0.1) is 6.92 Å². The maximum atomic E-state index is 12.7. The van der Waals surface area contributed by atoms with Crippen molar-refractivity contribution in [2.24, 2.45) is 0 Å². The second-order valence-electron chi connectivity index (χ2n) is 5.18. The molecule has 3 rings (SSSR count). The number of aromatic nitrogens is 1. The molecule has 0 amide bonds. The van der Waals surface area contributed by atoms with Crippen LogP contribution >= 0.6 is 0 Å². The van der Waals surface area contributed by atoms with E-state index in [2.05, 4.69) is 6.92 Å². The molecule has 0 aliphatic heterocycles. The van der Waals surface area contributed by atoms with Crippen molar-refractivity contribution in [3.8, 4) is 0 Å². The molecule has 0 saturated heterocycles. The number of benzene rings is 2. The predicted molar refractivity (Wildman–Crippen MR) is 85.1 cm³/mol. The molecule has 1 heterocycles. The average Bonchev–Trinajstić information content (AvgIpc) is 2.91. The van der Waals surface area contributed by atoms with E-state index in [-0.39, 0.29) is 0 Å². The number of aryl methyl sites for hydroxylation is 2. The Kier molecular flexibility index (Phi) is 3.33. The van der Waals surface area contributed by atoms with Gasteiger partial charge in [0, 0.05) is 11.6 Å². The summed E-state index contributed by atoms with van der Waals surface area (Å²) in [6, 6.07) is 14.7. The van der Waals surface area contributed by atoms with E-state index < -0.39 is 10.0 Å². The third-order valence-corrected chi connectivity index (χ3v) is 5.41. The molecular formula is C17H17NO2S. The van der Waals surface area contributed by atoms with E-state index in [9.17, 15) is 8.42 Å². The van der Waals surface area contributed by atoms with Crippen LogP contribution in [0.2, 0.25) is 0 Å². The van der Waals surface area contributed by atoms with Crippen molar-refractivity contribution in [1.29, 1.82) is 0 Å². The fourth-order valence-corrected chi connectivity index (χ4v) is 3.77. The standard InChI is InChI=1S/C17H17NO2S/c1-3-14-6-9-17-15(12-14)10-11-18(17)21(19,20)16-7-4-13(2)5-8-16/h4-12H,3H2,1-2H3. The monoisotopic (exact) mass is 299 g/mol. The molecule has 3 nitrogen and oxygen atoms in total. The van der Waals surface area contributed by atoms with E-state index in [1.165, 1.54) is 9.54 Å². The van der Waals surface area contributed by atoms with Gasteiger partial charge in [-0.05, 0) is 49.2 Å². The molecule has 21 heavy (non-hydrogen) atoms. The Bertz CT molecular complexity index is 890. The molecule has 0 radical (unpaired) electrons. The van der Waals surface area contributed by atoms with E-state index in [0.717, 1.165) is 17.4 Å². The molecule has 1 aromatic heterocycles. The van der Waals surface area contributed by atoms with Crippen LogP contribution in [0.5, 0.6) is 0 Å². The summed E-state index contributed by atoms with van der Waals surface area (Å²) in [6.45, 7) is 4.02. The van der Waals surface area contributed by atoms with Crippen LogP contribution in [0.4, 0.5) is 0 Å². The Morgan fingerprint density at radius 3 is 2.38 bits per heavy atom. The number of fused-ring (bicyclic) bond motifs is 1. The molecule has 0 fully saturated rings. The van der Waals surface area contributed by atoms with E-state index in [4.69, 9.17) is 0 Å². The predicted octanol–water partition coefficient (Wildman–Crippen LogP) is 3.75. The number of hydrogen-bond donors (Lipinski definition) is 0. The first kappa shape index (κ1) is 13.9. The van der Waals surface area contributed by atoms with Gasteiger partial charge in [-0.2, -0.15) is 0 Å². The van der Waals surface area contributed by atoms with Crippen LogP contribution in [0.1, 0.15) is 18.1 Å². The van der Waals surface area contributed by atoms with Crippen LogP contribution in [-0.4, -0.2) is 12.4 Å². The van der Waals surface area contributed by atoms with Crippen LogP contribution in [-0.2, 0) is 16.4 Å². The first-order valence-electron chi connectivity index (χ1n) is 6.94. The van der Waals surface area contributed by atoms with Gasteiger partial charge in [0.2, 0.25) is 0 Å². The second-order valence-corrected chi connectivity index (χ2v) is 6.99. The van der Waals surface area contributed by atoms with Gasteiger partial charge in [0.05, 0.1) is 10.4 Å². The molecule has 0 atom stereocenters. The molecule has 2 aromatic carbocycles. The van der Waals surface area contributed by atoms with Crippen molar-refractivity contribution in [1.82, 2.24) is 3.97 Å². The number of hydrogen-bond acceptors (Lipinski definition) is 2. The summed E-state index contributed by atoms with van der Waals surface area (Å²) in [6.07, 6.45) is 2.56. The molecule has 108 valence electrons. The van der Waals surface area contributed by atoms with E-state index in [0.29, 0.717) is 10.4 Å². The van der Waals surface area contributed by atoms with Gasteiger partial charge in [-0.1, -0.05) is 30.7 Å². The molecule has 0 N–H and O–H groups in total. The number of rotatable bonds is 3. The largest absolute Gasteiger partial charge is 0.268 e. The highest BCUT2D eigenvalue weighted by Gasteiger charge is 2.18. The average molecular weight is 299 g/mol. The van der Waals surface area contributed by atoms with Gasteiger partial charge in [0.1, 0.15) is 0 Å². The maximum absolute atomic E-state index is 12.7. The van der Waals surface area contributed by atoms with Crippen molar-refractivity contribution in [2.45, 2.75) is 25.2 Å². The summed E-state index contributed by atoms with van der Waals surface area (Å²) in [4.78, 5) is 0.310. The summed E-state index contributed by atoms with van der Waals surface area (Å²) in [5.74, 6) is 0. The zero-order valence-electron chi connectivity index (χ0n) is 12.1. The normalized spacial score (nSPS) is 11.9. The van der Waals surface area contributed by atoms with Crippen LogP contribution in [0.3, 0.4) is 0 Å². The molecule has 0 aliphatic rings. The highest BCUT2D eigenvalue weighted by atomic mass is 32.2. The fourth-order valence-electron chi connectivity index (χ4n) is 2.42. The topological polar surface area (TPSA) is 39.1 Å². The summed E-state index contributed by atoms with van der Waals surface area (Å²) >= 11 is 0. The molecule has 0 saturated carbocycles. The second kappa shape index (κ2) is 5.04. The molecule has 4 heteroatoms. The molecule has 0 bridgehead atoms. The highest BCUT2D eigenvalue weighted by Crippen LogP contribution is 2.23. The Labute approximate surface area is 124 Å². The number of nitrogens with zero attached hydrogens (tertiary/aromatic N) is 1. The molecular weight excluding hydrogens is 282 g/mol. The van der Waals surface area contributed by atoms with Gasteiger partial charge >= 0.3 is 0 Å². The van der Waals surface area contributed by atoms with E-state index in [1.807, 2.05) is 43.3 Å². The van der Waals surface area contributed by atoms with Gasteiger partial charge < -0.3 is 0 Å². The lowest BCUT2D eigenvalue weighted by atomic mass is 10.1. The van der Waals surface area contributed by atoms with Crippen LogP contribution < -0.4 is 0 Å². The van der Waals surface area contributed by atoms with Crippen molar-refractivity contribution < 1.29 is 8.42 Å². The Balaban J connectivity index is 2.17. The lowest BCUT2D eigenvalue weighted by molar-refractivity contribution is 0.589. The van der Waals surface area contributed by atoms with Gasteiger partial charge in [0.15, 0.2) is 0 Å². The third kappa shape index (κ3) is 2.36. The Morgan fingerprint density at radius 2 is 1.71 bits per heavy atom. The summed E-state index contributed by atoms with van der Waals surface area (Å²) in [5.41, 5.74) is 2.96. The van der Waals surface area contributed by atoms with Gasteiger partial charge in [-0.25, -0.2) is 12.4 Å². The summed E-state index contributed by atoms with van der Waals surface area (Å²) in [5, 5.41) is 0.949. The van der Waals surface area contributed by atoms with Gasteiger partial charge in [-0.15, -0.1) is 0 Å². The van der Waals surface area contributed by atoms with Crippen molar-refractivity contribution in [3.63, 3.8) is 0 Å². The maximum Gasteiger partial charge on any atom is 0.268 e. The fraction of sp³-hybridized carbons (Fsp3) is 0.176. The minimum atomic E-state index is -3.54. The zero-order chi connectivity index (χ0) is 15.0. The molecule has 3 aromatic rings. The Morgan fingerprint density at radius 1 is 1.00 bits per heavy atom. The van der Waals surface area contributed by atoms with Gasteiger partial charge in [-0.3, -0.25) is 0 Å². The smallest absolute Gasteiger partial charge is 0.241 e. The summed E-state index contributed by atoms with van der Waals surface area (Å²) < 4.78 is 26.8. The van der Waals surface area contributed by atoms with E-state index >= 15 is 0 Å². The third-order valence-electron chi connectivity index (χ3n) is 3.70. The van der Waals surface area contributed by atoms with Crippen LogP contribution in [0.15, 0.2) is 59.6 Å². The van der Waals surface area contributed by atoms with Crippen LogP contribution in [0.25, 0.3) is 10.9 Å². The quantitative estimate of drug-likeness (QED) is 0.739. The molecule has 0 spiro atoms. The first-order valence-corrected chi connectivity index (χ1v) is 8.38. The summed E-state index contributed by atoms with van der Waals surface area (Å²) in [7, 11) is -3.54. The first-order chi connectivity index (χ1) is 10.0. The van der Waals surface area contributed by atoms with Crippen molar-refractivity contribution in [3.05, 3.63) is 65.9 Å². The highest BCUT2D eigenvalue weighted by molar-refractivity contribution is 7.90. The van der Waals surface area contributed by atoms with Crippen molar-refractivity contribution in [2.75, 3.05) is 0 Å². The molecule has 0 aliphatic carbocycles. The minimum Gasteiger partial charge on any atom is -0.241 e. The lowest BCUT2D eigenvalue weighted by Gasteiger charge is -2.08. The lowest BCUT2D eigenvalue weighted by Crippen LogP contribution is -2.11. The minimum absolute atomic E-state index is 0.310. The van der Waals surface area contributed by atoms with E-state index in [1.54, 1.807) is 18.3 Å².